The summed E-state index contributed by atoms with van der Waals surface area (Å²) >= 11 is 0. The molecule has 12 rings (SSSR count). The Morgan fingerprint density at radius 1 is 0.358 bits per heavy atom. The van der Waals surface area contributed by atoms with Gasteiger partial charge in [-0.1, -0.05) is 180 Å². The van der Waals surface area contributed by atoms with Crippen molar-refractivity contribution in [3.63, 3.8) is 0 Å². The zero-order valence-corrected chi connectivity index (χ0v) is 39.1. The van der Waals surface area contributed by atoms with E-state index in [2.05, 4.69) is 245 Å². The summed E-state index contributed by atoms with van der Waals surface area (Å²) in [6.07, 6.45) is 0. The first kappa shape index (κ1) is 40.9. The monoisotopic (exact) mass is 864 g/mol. The molecule has 0 saturated carbocycles. The van der Waals surface area contributed by atoms with Crippen LogP contribution in [0.1, 0.15) is 76.0 Å². The van der Waals surface area contributed by atoms with Crippen LogP contribution < -0.4 is 21.1 Å². The van der Waals surface area contributed by atoms with Gasteiger partial charge in [0.05, 0.1) is 22.1 Å². The summed E-state index contributed by atoms with van der Waals surface area (Å²) in [6, 6.07) is 71.8. The van der Waals surface area contributed by atoms with Crippen molar-refractivity contribution in [2.45, 2.75) is 59.3 Å². The Labute approximate surface area is 394 Å². The molecule has 3 nitrogen and oxygen atoms in total. The predicted molar refractivity (Wildman–Crippen MR) is 286 cm³/mol. The molecule has 3 heterocycles. The summed E-state index contributed by atoms with van der Waals surface area (Å²) < 4.78 is 11.7. The minimum Gasteiger partial charge on any atom is -0.458 e. The van der Waals surface area contributed by atoms with Crippen LogP contribution in [0.3, 0.4) is 0 Å². The Bertz CT molecular complexity index is 3360. The number of hydrogen-bond donors (Lipinski definition) is 0. The van der Waals surface area contributed by atoms with Gasteiger partial charge in [0.1, 0.15) is 11.5 Å². The molecular weight excluding hydrogens is 812 g/mol. The largest absolute Gasteiger partial charge is 0.458 e. The zero-order chi connectivity index (χ0) is 45.5. The van der Waals surface area contributed by atoms with Gasteiger partial charge in [-0.3, -0.25) is 0 Å². The van der Waals surface area contributed by atoms with Gasteiger partial charge in [0.15, 0.2) is 0 Å². The number of benzene rings is 9. The van der Waals surface area contributed by atoms with Gasteiger partial charge in [0.2, 0.25) is 0 Å². The molecule has 0 amide bonds. The molecule has 4 heteroatoms. The molecule has 0 spiro atoms. The van der Waals surface area contributed by atoms with E-state index in [4.69, 9.17) is 4.74 Å². The Balaban J connectivity index is 0.995. The highest BCUT2D eigenvalue weighted by Crippen LogP contribution is 2.37. The lowest BCUT2D eigenvalue weighted by Gasteiger charge is -2.32. The first-order chi connectivity index (χ1) is 32.7. The molecule has 67 heavy (non-hydrogen) atoms. The number of rotatable bonds is 8. The molecule has 0 N–H and O–H groups in total. The van der Waals surface area contributed by atoms with E-state index in [0.29, 0.717) is 17.8 Å². The van der Waals surface area contributed by atoms with E-state index in [9.17, 15) is 0 Å². The lowest BCUT2D eigenvalue weighted by atomic mass is 9.33. The molecule has 324 valence electrons. The lowest BCUT2D eigenvalue weighted by Crippen LogP contribution is -2.57. The van der Waals surface area contributed by atoms with Crippen LogP contribution in [-0.4, -0.2) is 15.8 Å². The van der Waals surface area contributed by atoms with Gasteiger partial charge < -0.3 is 13.9 Å². The normalized spacial score (nSPS) is 12.5. The molecule has 2 aromatic heterocycles. The van der Waals surface area contributed by atoms with Crippen LogP contribution in [0.15, 0.2) is 194 Å². The fourth-order valence-electron chi connectivity index (χ4n) is 11.0. The van der Waals surface area contributed by atoms with Crippen LogP contribution in [0.2, 0.25) is 0 Å². The zero-order valence-electron chi connectivity index (χ0n) is 39.1. The summed E-state index contributed by atoms with van der Waals surface area (Å²) in [7, 11) is 0. The summed E-state index contributed by atoms with van der Waals surface area (Å²) in [5, 5.41) is 5.08. The quantitative estimate of drug-likeness (QED) is 0.139. The van der Waals surface area contributed by atoms with Crippen LogP contribution in [0.25, 0.3) is 77.2 Å². The molecule has 0 fully saturated rings. The number of nitrogens with zero attached hydrogens (tertiary/aromatic N) is 2. The highest BCUT2D eigenvalue weighted by atomic mass is 16.5. The molecule has 0 radical (unpaired) electrons. The lowest BCUT2D eigenvalue weighted by molar-refractivity contribution is 0.487. The third-order valence-corrected chi connectivity index (χ3v) is 14.4. The van der Waals surface area contributed by atoms with E-state index < -0.39 is 0 Å². The van der Waals surface area contributed by atoms with Crippen LogP contribution >= 0.6 is 0 Å². The second-order valence-corrected chi connectivity index (χ2v) is 19.5. The summed E-state index contributed by atoms with van der Waals surface area (Å²) in [5.41, 5.74) is 19.9. The maximum atomic E-state index is 6.97. The van der Waals surface area contributed by atoms with E-state index in [-0.39, 0.29) is 6.71 Å². The topological polar surface area (TPSA) is 19.1 Å². The van der Waals surface area contributed by atoms with Crippen molar-refractivity contribution < 1.29 is 4.74 Å². The Kier molecular flexibility index (Phi) is 9.83. The van der Waals surface area contributed by atoms with E-state index in [1.165, 1.54) is 98.9 Å². The standard InChI is InChI=1S/C63H53BN2O/c1-39(2)46-35-53(40(3)4)63(54(36-46)41(5)6)64-55-37-44(42-23-29-47(30-24-42)65-57-19-11-7-15-49(57)50-16-8-12-20-58(50)65)27-33-61(55)67-62-34-28-45(38-56(62)64)43-25-31-48(32-26-43)66-59-21-13-9-17-51(59)52-18-10-14-22-60(52)66/h7-41H,1-6H3. The fourth-order valence-corrected chi connectivity index (χ4v) is 11.0. The van der Waals surface area contributed by atoms with Crippen molar-refractivity contribution in [2.75, 3.05) is 0 Å². The van der Waals surface area contributed by atoms with Gasteiger partial charge in [-0.15, -0.1) is 0 Å². The number of para-hydroxylation sites is 4. The molecule has 0 aliphatic carbocycles. The first-order valence-electron chi connectivity index (χ1n) is 24.0. The second kappa shape index (κ2) is 16.1. The van der Waals surface area contributed by atoms with Crippen LogP contribution in [0.5, 0.6) is 11.5 Å². The maximum Gasteiger partial charge on any atom is 0.251 e. The molecule has 1 aliphatic rings. The molecule has 0 unspecified atom stereocenters. The summed E-state index contributed by atoms with van der Waals surface area (Å²) in [5.74, 6) is 2.92. The van der Waals surface area contributed by atoms with Crippen molar-refractivity contribution in [1.82, 2.24) is 9.13 Å². The number of fused-ring (bicyclic) bond motifs is 8. The Morgan fingerprint density at radius 2 is 0.701 bits per heavy atom. The van der Waals surface area contributed by atoms with Gasteiger partial charge >= 0.3 is 0 Å². The van der Waals surface area contributed by atoms with Crippen molar-refractivity contribution in [3.8, 4) is 45.1 Å². The number of ether oxygens (including phenoxy) is 1. The first-order valence-corrected chi connectivity index (χ1v) is 24.0. The highest BCUT2D eigenvalue weighted by Gasteiger charge is 2.37. The van der Waals surface area contributed by atoms with E-state index in [1.54, 1.807) is 0 Å². The maximum absolute atomic E-state index is 6.97. The molecule has 0 bridgehead atoms. The highest BCUT2D eigenvalue weighted by molar-refractivity contribution is 6.97. The van der Waals surface area contributed by atoms with Gasteiger partial charge in [-0.25, -0.2) is 0 Å². The average molecular weight is 865 g/mol. The van der Waals surface area contributed by atoms with Crippen LogP contribution in [0, 0.1) is 0 Å². The molecule has 11 aromatic rings. The van der Waals surface area contributed by atoms with E-state index in [1.807, 2.05) is 0 Å². The van der Waals surface area contributed by atoms with Gasteiger partial charge in [0, 0.05) is 32.9 Å². The van der Waals surface area contributed by atoms with Crippen LogP contribution in [-0.2, 0) is 0 Å². The second-order valence-electron chi connectivity index (χ2n) is 19.5. The average Bonchev–Trinajstić information content (AvgIpc) is 3.88. The summed E-state index contributed by atoms with van der Waals surface area (Å²) in [6.45, 7) is 14.0. The number of hydrogen-bond acceptors (Lipinski definition) is 1. The van der Waals surface area contributed by atoms with E-state index in [0.717, 1.165) is 22.9 Å². The van der Waals surface area contributed by atoms with Crippen molar-refractivity contribution >= 4 is 66.7 Å². The fraction of sp³-hybridized carbons (Fsp3) is 0.143. The Hall–Kier alpha value is -7.56. The third-order valence-electron chi connectivity index (χ3n) is 14.4. The minimum absolute atomic E-state index is 0.0385. The third kappa shape index (κ3) is 6.72. The molecular formula is C63H53BN2O. The summed E-state index contributed by atoms with van der Waals surface area (Å²) in [4.78, 5) is 0. The molecule has 0 saturated heterocycles. The minimum atomic E-state index is -0.0385. The Morgan fingerprint density at radius 3 is 1.04 bits per heavy atom. The smallest absolute Gasteiger partial charge is 0.251 e. The van der Waals surface area contributed by atoms with Crippen molar-refractivity contribution in [1.29, 1.82) is 0 Å². The van der Waals surface area contributed by atoms with Crippen molar-refractivity contribution in [3.05, 3.63) is 211 Å². The molecule has 0 atom stereocenters. The van der Waals surface area contributed by atoms with Gasteiger partial charge in [-0.2, -0.15) is 0 Å². The van der Waals surface area contributed by atoms with Crippen LogP contribution in [0.4, 0.5) is 0 Å². The SMILES string of the molecule is CC(C)c1cc(C(C)C)c(B2c3cc(-c4ccc(-n5c6ccccc6c6ccccc65)cc4)ccc3Oc3ccc(-c4ccc(-n5c6ccccc6c6ccccc65)cc4)cc32)c(C(C)C)c1. The molecule has 9 aromatic carbocycles. The number of aromatic nitrogens is 2. The van der Waals surface area contributed by atoms with E-state index >= 15 is 0 Å². The van der Waals surface area contributed by atoms with Gasteiger partial charge in [0.25, 0.3) is 6.71 Å². The predicted octanol–water partition coefficient (Wildman–Crippen LogP) is 15.2. The molecule has 1 aliphatic heterocycles. The van der Waals surface area contributed by atoms with Crippen molar-refractivity contribution in [2.24, 2.45) is 0 Å². The van der Waals surface area contributed by atoms with Gasteiger partial charge in [-0.05, 0) is 128 Å².